The first kappa shape index (κ1) is 20.5. The molecule has 2 amide bonds. The minimum atomic E-state index is -0.485. The number of amides is 2. The molecule has 1 aromatic heterocycles. The molecule has 152 valence electrons. The zero-order valence-corrected chi connectivity index (χ0v) is 16.8. The maximum atomic E-state index is 12.8. The van der Waals surface area contributed by atoms with Crippen LogP contribution in [0.15, 0.2) is 30.5 Å². The molecule has 7 heteroatoms. The van der Waals surface area contributed by atoms with Crippen molar-refractivity contribution in [2.24, 2.45) is 5.92 Å². The maximum Gasteiger partial charge on any atom is 0.406 e. The molecular weight excluding hydrogens is 368 g/mol. The van der Waals surface area contributed by atoms with Crippen molar-refractivity contribution in [2.45, 2.75) is 32.2 Å². The van der Waals surface area contributed by atoms with E-state index in [1.165, 1.54) is 7.11 Å². The fraction of sp³-hybridized carbons (Fsp3) is 0.409. The molecule has 0 spiro atoms. The van der Waals surface area contributed by atoms with Crippen LogP contribution in [0.5, 0.6) is 0 Å². The van der Waals surface area contributed by atoms with Gasteiger partial charge < -0.3 is 19.9 Å². The van der Waals surface area contributed by atoms with E-state index in [0.29, 0.717) is 19.5 Å². The molecule has 2 atom stereocenters. The van der Waals surface area contributed by atoms with Crippen molar-refractivity contribution in [3.63, 3.8) is 0 Å². The van der Waals surface area contributed by atoms with Crippen molar-refractivity contribution >= 4 is 12.0 Å². The number of alkyl carbamates (subject to hydrolysis) is 1. The first-order chi connectivity index (χ1) is 14.0. The number of H-pyrrole nitrogens is 1. The Kier molecular flexibility index (Phi) is 6.55. The van der Waals surface area contributed by atoms with Gasteiger partial charge in [-0.2, -0.15) is 0 Å². The molecule has 1 aliphatic rings. The number of imidazole rings is 1. The van der Waals surface area contributed by atoms with E-state index in [1.54, 1.807) is 6.20 Å². The van der Waals surface area contributed by atoms with Gasteiger partial charge in [-0.15, -0.1) is 6.42 Å². The summed E-state index contributed by atoms with van der Waals surface area (Å²) in [7, 11) is 1.32. The third kappa shape index (κ3) is 4.96. The van der Waals surface area contributed by atoms with E-state index < -0.39 is 6.09 Å². The number of ether oxygens (including phenoxy) is 1. The molecule has 7 nitrogen and oxygen atoms in total. The number of methoxy groups -OCH3 is 1. The molecule has 0 bridgehead atoms. The van der Waals surface area contributed by atoms with Crippen LogP contribution >= 0.6 is 0 Å². The van der Waals surface area contributed by atoms with Gasteiger partial charge in [0.15, 0.2) is 0 Å². The molecule has 2 unspecified atom stereocenters. The predicted molar refractivity (Wildman–Crippen MR) is 110 cm³/mol. The van der Waals surface area contributed by atoms with E-state index >= 15 is 0 Å². The number of terminal acetylenes is 1. The molecule has 2 aromatic rings. The van der Waals surface area contributed by atoms with Gasteiger partial charge in [0.1, 0.15) is 5.82 Å². The molecule has 2 N–H and O–H groups in total. The zero-order valence-electron chi connectivity index (χ0n) is 16.8. The SMILES string of the molecule is C#Cc1ccc(-c2cnc(C3CCCN3C(=O)CC(C)CNC(=O)OC)[nH]2)cc1. The van der Waals surface area contributed by atoms with Gasteiger partial charge in [0.2, 0.25) is 5.91 Å². The second-order valence-electron chi connectivity index (χ2n) is 7.33. The number of hydrogen-bond acceptors (Lipinski definition) is 4. The first-order valence-corrected chi connectivity index (χ1v) is 9.75. The molecule has 1 fully saturated rings. The van der Waals surface area contributed by atoms with Gasteiger partial charge in [-0.3, -0.25) is 4.79 Å². The van der Waals surface area contributed by atoms with Crippen LogP contribution < -0.4 is 5.32 Å². The number of benzene rings is 1. The minimum absolute atomic E-state index is 0.0182. The molecule has 0 aliphatic carbocycles. The van der Waals surface area contributed by atoms with Crippen molar-refractivity contribution < 1.29 is 14.3 Å². The largest absolute Gasteiger partial charge is 0.453 e. The van der Waals surface area contributed by atoms with Crippen LogP contribution in [0.3, 0.4) is 0 Å². The van der Waals surface area contributed by atoms with E-state index in [-0.39, 0.29) is 17.9 Å². The Morgan fingerprint density at radius 1 is 1.41 bits per heavy atom. The highest BCUT2D eigenvalue weighted by Gasteiger charge is 2.32. The van der Waals surface area contributed by atoms with Crippen LogP contribution in [0.1, 0.15) is 43.6 Å². The minimum Gasteiger partial charge on any atom is -0.453 e. The second kappa shape index (κ2) is 9.28. The Balaban J connectivity index is 1.64. The summed E-state index contributed by atoms with van der Waals surface area (Å²) in [5, 5.41) is 2.64. The number of likely N-dealkylation sites (tertiary alicyclic amines) is 1. The molecule has 0 radical (unpaired) electrons. The van der Waals surface area contributed by atoms with Crippen LogP contribution in [-0.2, 0) is 9.53 Å². The van der Waals surface area contributed by atoms with Crippen LogP contribution in [0, 0.1) is 18.3 Å². The van der Waals surface area contributed by atoms with Gasteiger partial charge >= 0.3 is 6.09 Å². The van der Waals surface area contributed by atoms with E-state index in [9.17, 15) is 9.59 Å². The van der Waals surface area contributed by atoms with Crippen molar-refractivity contribution in [2.75, 3.05) is 20.2 Å². The number of hydrogen-bond donors (Lipinski definition) is 2. The standard InChI is InChI=1S/C22H26N4O3/c1-4-16-7-9-17(10-8-16)18-14-23-21(25-18)19-6-5-11-26(19)20(27)12-15(2)13-24-22(28)29-3/h1,7-10,14-15,19H,5-6,11-13H2,2-3H3,(H,23,25)(H,24,28). The quantitative estimate of drug-likeness (QED) is 0.737. The lowest BCUT2D eigenvalue weighted by Gasteiger charge is -2.24. The van der Waals surface area contributed by atoms with Gasteiger partial charge in [0.05, 0.1) is 25.0 Å². The van der Waals surface area contributed by atoms with Gasteiger partial charge in [-0.25, -0.2) is 9.78 Å². The van der Waals surface area contributed by atoms with Crippen molar-refractivity contribution in [3.05, 3.63) is 41.9 Å². The van der Waals surface area contributed by atoms with Crippen molar-refractivity contribution in [1.82, 2.24) is 20.2 Å². The topological polar surface area (TPSA) is 87.3 Å². The number of carbonyl (C=O) groups excluding carboxylic acids is 2. The number of nitrogens with one attached hydrogen (secondary N) is 2. The summed E-state index contributed by atoms with van der Waals surface area (Å²) in [5.41, 5.74) is 2.73. The van der Waals surface area contributed by atoms with Crippen LogP contribution in [0.2, 0.25) is 0 Å². The fourth-order valence-corrected chi connectivity index (χ4v) is 3.57. The molecule has 3 rings (SSSR count). The number of aromatic nitrogens is 2. The third-order valence-corrected chi connectivity index (χ3v) is 5.15. The average Bonchev–Trinajstić information content (AvgIpc) is 3.41. The first-order valence-electron chi connectivity index (χ1n) is 9.75. The lowest BCUT2D eigenvalue weighted by Crippen LogP contribution is -2.35. The summed E-state index contributed by atoms with van der Waals surface area (Å²) in [4.78, 5) is 33.8. The molecule has 1 aliphatic heterocycles. The average molecular weight is 394 g/mol. The monoisotopic (exact) mass is 394 g/mol. The molecule has 0 saturated carbocycles. The Labute approximate surface area is 170 Å². The maximum absolute atomic E-state index is 12.8. The van der Waals surface area contributed by atoms with Gasteiger partial charge in [0.25, 0.3) is 0 Å². The second-order valence-corrected chi connectivity index (χ2v) is 7.33. The van der Waals surface area contributed by atoms with Crippen molar-refractivity contribution in [1.29, 1.82) is 0 Å². The van der Waals surface area contributed by atoms with Gasteiger partial charge in [0, 0.05) is 25.1 Å². The fourth-order valence-electron chi connectivity index (χ4n) is 3.57. The van der Waals surface area contributed by atoms with Gasteiger partial charge in [-0.1, -0.05) is 25.0 Å². The van der Waals surface area contributed by atoms with E-state index in [2.05, 4.69) is 25.9 Å². The normalized spacial score (nSPS) is 16.9. The Bertz CT molecular complexity index is 898. The summed E-state index contributed by atoms with van der Waals surface area (Å²) >= 11 is 0. The number of nitrogens with zero attached hydrogens (tertiary/aromatic N) is 2. The highest BCUT2D eigenvalue weighted by atomic mass is 16.5. The van der Waals surface area contributed by atoms with Crippen LogP contribution in [-0.4, -0.2) is 47.1 Å². The zero-order chi connectivity index (χ0) is 20.8. The lowest BCUT2D eigenvalue weighted by molar-refractivity contribution is -0.133. The lowest BCUT2D eigenvalue weighted by atomic mass is 10.1. The van der Waals surface area contributed by atoms with Crippen molar-refractivity contribution in [3.8, 4) is 23.6 Å². The van der Waals surface area contributed by atoms with E-state index in [4.69, 9.17) is 6.42 Å². The summed E-state index contributed by atoms with van der Waals surface area (Å²) in [6.45, 7) is 3.05. The van der Waals surface area contributed by atoms with Crippen LogP contribution in [0.4, 0.5) is 4.79 Å². The van der Waals surface area contributed by atoms with E-state index in [1.807, 2.05) is 36.1 Å². The Morgan fingerprint density at radius 2 is 2.17 bits per heavy atom. The highest BCUT2D eigenvalue weighted by molar-refractivity contribution is 5.77. The summed E-state index contributed by atoms with van der Waals surface area (Å²) in [5.74, 6) is 3.50. The molecular formula is C22H26N4O3. The van der Waals surface area contributed by atoms with E-state index in [0.717, 1.165) is 35.5 Å². The smallest absolute Gasteiger partial charge is 0.406 e. The predicted octanol–water partition coefficient (Wildman–Crippen LogP) is 3.10. The Hall–Kier alpha value is -3.27. The van der Waals surface area contributed by atoms with Gasteiger partial charge in [-0.05, 0) is 36.5 Å². The molecule has 2 heterocycles. The third-order valence-electron chi connectivity index (χ3n) is 5.15. The summed E-state index contributed by atoms with van der Waals surface area (Å²) in [6.07, 6.45) is 8.90. The number of rotatable bonds is 6. The highest BCUT2D eigenvalue weighted by Crippen LogP contribution is 2.32. The molecule has 1 saturated heterocycles. The Morgan fingerprint density at radius 3 is 2.86 bits per heavy atom. The summed E-state index contributed by atoms with van der Waals surface area (Å²) < 4.78 is 4.56. The number of aromatic amines is 1. The number of carbonyl (C=O) groups is 2. The molecule has 29 heavy (non-hydrogen) atoms. The molecule has 1 aromatic carbocycles. The van der Waals surface area contributed by atoms with Crippen LogP contribution in [0.25, 0.3) is 11.3 Å². The summed E-state index contributed by atoms with van der Waals surface area (Å²) in [6, 6.07) is 7.65.